The van der Waals surface area contributed by atoms with Crippen LogP contribution in [0.5, 0.6) is 0 Å². The monoisotopic (exact) mass is 202 g/mol. The summed E-state index contributed by atoms with van der Waals surface area (Å²) < 4.78 is 0. The molecule has 0 saturated heterocycles. The fourth-order valence-electron chi connectivity index (χ4n) is 1.69. The van der Waals surface area contributed by atoms with Gasteiger partial charge in [0.25, 0.3) is 0 Å². The van der Waals surface area contributed by atoms with Gasteiger partial charge in [-0.05, 0) is 30.1 Å². The smallest absolute Gasteiger partial charge is 0.0201 e. The summed E-state index contributed by atoms with van der Waals surface area (Å²) in [6.07, 6.45) is 9.19. The van der Waals surface area contributed by atoms with Crippen LogP contribution in [0.4, 0.5) is 0 Å². The van der Waals surface area contributed by atoms with Crippen LogP contribution in [0.2, 0.25) is 0 Å². The van der Waals surface area contributed by atoms with Gasteiger partial charge in [0.2, 0.25) is 0 Å². The third kappa shape index (κ3) is 2.13. The van der Waals surface area contributed by atoms with Gasteiger partial charge in [-0.2, -0.15) is 0 Å². The van der Waals surface area contributed by atoms with Crippen LogP contribution in [0.1, 0.15) is 12.8 Å². The topological polar surface area (TPSA) is 0 Å². The maximum Gasteiger partial charge on any atom is -0.0201 e. The molecule has 0 N–H and O–H groups in total. The average Bonchev–Trinajstić information content (AvgIpc) is 2.30. The minimum Gasteiger partial charge on any atom is -0.0842 e. The van der Waals surface area contributed by atoms with E-state index >= 15 is 0 Å². The molecule has 0 fully saturated rings. The van der Waals surface area contributed by atoms with Crippen molar-refractivity contribution in [2.45, 2.75) is 12.8 Å². The van der Waals surface area contributed by atoms with E-state index in [4.69, 9.17) is 0 Å². The fraction of sp³-hybridized carbons (Fsp3) is 0.231. The molecule has 0 aromatic heterocycles. The van der Waals surface area contributed by atoms with Crippen molar-refractivity contribution in [3.05, 3.63) is 53.9 Å². The lowest BCUT2D eigenvalue weighted by Gasteiger charge is -2.17. The Balaban J connectivity index is 2.19. The summed E-state index contributed by atoms with van der Waals surface area (Å²) >= 11 is 0. The number of rotatable bonds is 2. The molecule has 1 atom stereocenters. The molecule has 0 nitrogen and oxygen atoms in total. The Hall–Kier alpha value is -0.870. The van der Waals surface area contributed by atoms with E-state index in [1.807, 2.05) is 0 Å². The first-order valence-electron chi connectivity index (χ1n) is 5.02. The summed E-state index contributed by atoms with van der Waals surface area (Å²) in [5, 5.41) is 3.11. The Bertz CT molecular complexity index is 349. The molecule has 0 saturated carbocycles. The quantitative estimate of drug-likeness (QED) is 0.642. The van der Waals surface area contributed by atoms with Gasteiger partial charge in [0, 0.05) is 0 Å². The summed E-state index contributed by atoms with van der Waals surface area (Å²) in [4.78, 5) is 0. The highest BCUT2D eigenvalue weighted by atomic mass is 31.1. The summed E-state index contributed by atoms with van der Waals surface area (Å²) in [6.45, 7) is 2.36. The van der Waals surface area contributed by atoms with Crippen molar-refractivity contribution in [3.63, 3.8) is 0 Å². The van der Waals surface area contributed by atoms with Gasteiger partial charge in [0.05, 0.1) is 0 Å². The van der Waals surface area contributed by atoms with Crippen molar-refractivity contribution < 1.29 is 0 Å². The van der Waals surface area contributed by atoms with Gasteiger partial charge in [-0.3, -0.25) is 0 Å². The third-order valence-electron chi connectivity index (χ3n) is 2.57. The Morgan fingerprint density at radius 1 is 1.14 bits per heavy atom. The second-order valence-corrected chi connectivity index (χ2v) is 5.73. The summed E-state index contributed by atoms with van der Waals surface area (Å²) in [5.74, 6) is 0. The van der Waals surface area contributed by atoms with Crippen LogP contribution >= 0.6 is 7.92 Å². The van der Waals surface area contributed by atoms with Crippen LogP contribution in [0.3, 0.4) is 0 Å². The molecule has 0 radical (unpaired) electrons. The van der Waals surface area contributed by atoms with Crippen molar-refractivity contribution in [1.29, 1.82) is 0 Å². The van der Waals surface area contributed by atoms with E-state index < -0.39 is 0 Å². The molecule has 1 aromatic rings. The zero-order valence-electron chi connectivity index (χ0n) is 8.48. The first kappa shape index (κ1) is 9.68. The van der Waals surface area contributed by atoms with Crippen LogP contribution in [-0.2, 0) is 0 Å². The molecule has 1 aliphatic rings. The molecule has 1 unspecified atom stereocenters. The Labute approximate surface area is 87.1 Å². The highest BCUT2D eigenvalue weighted by Crippen LogP contribution is 2.43. The molecule has 1 aromatic carbocycles. The van der Waals surface area contributed by atoms with Crippen molar-refractivity contribution in [1.82, 2.24) is 0 Å². The zero-order valence-corrected chi connectivity index (χ0v) is 9.37. The van der Waals surface area contributed by atoms with Crippen molar-refractivity contribution in [2.75, 3.05) is 6.66 Å². The number of allylic oxidation sites excluding steroid dienone is 4. The molecule has 0 bridgehead atoms. The summed E-state index contributed by atoms with van der Waals surface area (Å²) in [7, 11) is -0.0840. The van der Waals surface area contributed by atoms with Crippen molar-refractivity contribution in [3.8, 4) is 0 Å². The lowest BCUT2D eigenvalue weighted by molar-refractivity contribution is 1.02. The molecule has 0 spiro atoms. The van der Waals surface area contributed by atoms with Crippen LogP contribution in [0, 0.1) is 0 Å². The van der Waals surface area contributed by atoms with E-state index in [1.165, 1.54) is 18.1 Å². The van der Waals surface area contributed by atoms with E-state index in [9.17, 15) is 0 Å². The zero-order chi connectivity index (χ0) is 9.80. The molecule has 0 aliphatic heterocycles. The second-order valence-electron chi connectivity index (χ2n) is 3.52. The molecule has 14 heavy (non-hydrogen) atoms. The van der Waals surface area contributed by atoms with E-state index in [1.54, 1.807) is 5.31 Å². The lowest BCUT2D eigenvalue weighted by atomic mass is 10.2. The van der Waals surface area contributed by atoms with Crippen LogP contribution < -0.4 is 5.30 Å². The van der Waals surface area contributed by atoms with E-state index in [0.717, 1.165) is 0 Å². The third-order valence-corrected chi connectivity index (χ3v) is 4.87. The minimum absolute atomic E-state index is 0.0840. The predicted octanol–water partition coefficient (Wildman–Crippen LogP) is 3.66. The molecular formula is C13H15P. The Morgan fingerprint density at radius 2 is 1.93 bits per heavy atom. The summed E-state index contributed by atoms with van der Waals surface area (Å²) in [6, 6.07) is 10.8. The number of hydrogen-bond acceptors (Lipinski definition) is 0. The lowest BCUT2D eigenvalue weighted by Crippen LogP contribution is -2.01. The maximum absolute atomic E-state index is 2.36. The second kappa shape index (κ2) is 4.57. The van der Waals surface area contributed by atoms with Gasteiger partial charge in [-0.15, -0.1) is 0 Å². The SMILES string of the molecule is CP(C1=CC=CCC1)c1ccccc1. The molecule has 0 amide bonds. The molecule has 1 aliphatic carbocycles. The number of benzene rings is 1. The Kier molecular flexibility index (Phi) is 3.16. The first-order valence-corrected chi connectivity index (χ1v) is 6.81. The van der Waals surface area contributed by atoms with E-state index in [0.29, 0.717) is 0 Å². The Morgan fingerprint density at radius 3 is 2.57 bits per heavy atom. The molecule has 2 rings (SSSR count). The van der Waals surface area contributed by atoms with Crippen LogP contribution in [0.25, 0.3) is 0 Å². The summed E-state index contributed by atoms with van der Waals surface area (Å²) in [5.41, 5.74) is 0. The minimum atomic E-state index is -0.0840. The maximum atomic E-state index is 2.36. The van der Waals surface area contributed by atoms with Gasteiger partial charge in [-0.1, -0.05) is 56.5 Å². The molecule has 72 valence electrons. The molecular weight excluding hydrogens is 187 g/mol. The largest absolute Gasteiger partial charge is 0.0842 e. The van der Waals surface area contributed by atoms with Gasteiger partial charge in [0.15, 0.2) is 0 Å². The number of hydrogen-bond donors (Lipinski definition) is 0. The fourth-order valence-corrected chi connectivity index (χ4v) is 3.41. The van der Waals surface area contributed by atoms with Gasteiger partial charge in [-0.25, -0.2) is 0 Å². The molecule has 0 heterocycles. The first-order chi connectivity index (χ1) is 6.88. The van der Waals surface area contributed by atoms with Gasteiger partial charge >= 0.3 is 0 Å². The van der Waals surface area contributed by atoms with Crippen molar-refractivity contribution >= 4 is 13.2 Å². The van der Waals surface area contributed by atoms with Crippen molar-refractivity contribution in [2.24, 2.45) is 0 Å². The van der Waals surface area contributed by atoms with Gasteiger partial charge < -0.3 is 0 Å². The standard InChI is InChI=1S/C13H15P/c1-14(12-8-4-2-5-9-12)13-10-6-3-7-11-13/h2-6,8-10H,7,11H2,1H3. The molecule has 1 heteroatoms. The van der Waals surface area contributed by atoms with Crippen LogP contribution in [0.15, 0.2) is 53.9 Å². The van der Waals surface area contributed by atoms with E-state index in [2.05, 4.69) is 55.2 Å². The van der Waals surface area contributed by atoms with Crippen LogP contribution in [-0.4, -0.2) is 6.66 Å². The predicted molar refractivity (Wildman–Crippen MR) is 65.4 cm³/mol. The highest BCUT2D eigenvalue weighted by molar-refractivity contribution is 7.69. The van der Waals surface area contributed by atoms with E-state index in [-0.39, 0.29) is 7.92 Å². The normalized spacial score (nSPS) is 17.6. The average molecular weight is 202 g/mol. The highest BCUT2D eigenvalue weighted by Gasteiger charge is 2.10. The van der Waals surface area contributed by atoms with Gasteiger partial charge in [0.1, 0.15) is 0 Å².